The van der Waals surface area contributed by atoms with Crippen molar-refractivity contribution >= 4 is 11.9 Å². The van der Waals surface area contributed by atoms with Crippen LogP contribution in [0.1, 0.15) is 33.8 Å². The molecule has 0 saturated heterocycles. The van der Waals surface area contributed by atoms with Crippen molar-refractivity contribution < 1.29 is 28.2 Å². The van der Waals surface area contributed by atoms with Gasteiger partial charge in [0.1, 0.15) is 22.9 Å². The first kappa shape index (κ1) is 17.8. The molecule has 2 aromatic rings. The maximum absolute atomic E-state index is 13.8. The molecule has 2 aromatic carbocycles. The van der Waals surface area contributed by atoms with Gasteiger partial charge in [0.05, 0.1) is 7.11 Å². The third kappa shape index (κ3) is 3.66. The Morgan fingerprint density at radius 1 is 1.23 bits per heavy atom. The van der Waals surface area contributed by atoms with Gasteiger partial charge in [-0.15, -0.1) is 0 Å². The second-order valence-corrected chi connectivity index (χ2v) is 6.17. The number of carboxylic acids is 1. The summed E-state index contributed by atoms with van der Waals surface area (Å²) >= 11 is 0. The van der Waals surface area contributed by atoms with Gasteiger partial charge in [0.15, 0.2) is 0 Å². The lowest BCUT2D eigenvalue weighted by atomic mass is 10.1. The zero-order valence-corrected chi connectivity index (χ0v) is 14.0. The molecule has 0 aromatic heterocycles. The number of amides is 1. The summed E-state index contributed by atoms with van der Waals surface area (Å²) in [5.41, 5.74) is 0.961. The average Bonchev–Trinajstić information content (AvgIpc) is 3.39. The number of hydrogen-bond acceptors (Lipinski definition) is 3. The monoisotopic (exact) mass is 361 g/mol. The lowest BCUT2D eigenvalue weighted by Crippen LogP contribution is -2.25. The molecule has 1 amide bonds. The minimum absolute atomic E-state index is 0.0110. The number of aromatic carboxylic acids is 1. The molecule has 1 aliphatic rings. The molecular weight excluding hydrogens is 344 g/mol. The number of ether oxygens (including phenoxy) is 1. The summed E-state index contributed by atoms with van der Waals surface area (Å²) in [6.07, 6.45) is 0.497. The molecule has 0 heterocycles. The van der Waals surface area contributed by atoms with Crippen molar-refractivity contribution in [2.75, 3.05) is 7.11 Å². The Hall–Kier alpha value is -2.96. The molecule has 0 radical (unpaired) electrons. The van der Waals surface area contributed by atoms with Crippen LogP contribution in [0, 0.1) is 17.6 Å². The zero-order chi connectivity index (χ0) is 18.8. The molecule has 1 aliphatic carbocycles. The first-order chi connectivity index (χ1) is 12.4. The van der Waals surface area contributed by atoms with Crippen molar-refractivity contribution in [1.29, 1.82) is 0 Å². The van der Waals surface area contributed by atoms with Crippen molar-refractivity contribution in [3.8, 4) is 5.75 Å². The summed E-state index contributed by atoms with van der Waals surface area (Å²) in [7, 11) is 1.38. The Morgan fingerprint density at radius 2 is 2.00 bits per heavy atom. The Labute approximate surface area is 148 Å². The van der Waals surface area contributed by atoms with Crippen LogP contribution in [-0.2, 0) is 11.3 Å². The predicted molar refractivity (Wildman–Crippen MR) is 89.0 cm³/mol. The smallest absolute Gasteiger partial charge is 0.339 e. The fourth-order valence-corrected chi connectivity index (χ4v) is 2.98. The largest absolute Gasteiger partial charge is 0.496 e. The van der Waals surface area contributed by atoms with E-state index < -0.39 is 17.6 Å². The van der Waals surface area contributed by atoms with Crippen LogP contribution in [0.15, 0.2) is 36.4 Å². The highest BCUT2D eigenvalue weighted by Gasteiger charge is 2.45. The first-order valence-corrected chi connectivity index (χ1v) is 8.03. The number of methoxy groups -OCH3 is 1. The summed E-state index contributed by atoms with van der Waals surface area (Å²) in [4.78, 5) is 23.4. The molecule has 1 fully saturated rings. The maximum atomic E-state index is 13.8. The summed E-state index contributed by atoms with van der Waals surface area (Å²) in [6.45, 7) is 0.151. The fourth-order valence-electron chi connectivity index (χ4n) is 2.98. The van der Waals surface area contributed by atoms with E-state index in [0.717, 1.165) is 6.07 Å². The molecule has 0 aliphatic heterocycles. The van der Waals surface area contributed by atoms with Gasteiger partial charge in [0.2, 0.25) is 5.91 Å². The molecule has 7 heteroatoms. The maximum Gasteiger partial charge on any atom is 0.339 e. The molecule has 3 rings (SSSR count). The number of carboxylic acid groups (broad SMARTS) is 1. The van der Waals surface area contributed by atoms with Crippen LogP contribution in [0.25, 0.3) is 0 Å². The number of benzene rings is 2. The van der Waals surface area contributed by atoms with E-state index in [1.165, 1.54) is 31.4 Å². The van der Waals surface area contributed by atoms with Gasteiger partial charge < -0.3 is 15.2 Å². The lowest BCUT2D eigenvalue weighted by molar-refractivity contribution is -0.122. The molecule has 5 nitrogen and oxygen atoms in total. The molecule has 2 atom stereocenters. The molecular formula is C19H17F2NO4. The van der Waals surface area contributed by atoms with Crippen LogP contribution in [0.2, 0.25) is 0 Å². The normalized spacial score (nSPS) is 18.3. The Morgan fingerprint density at radius 3 is 2.65 bits per heavy atom. The average molecular weight is 361 g/mol. The van der Waals surface area contributed by atoms with Gasteiger partial charge in [-0.2, -0.15) is 0 Å². The topological polar surface area (TPSA) is 75.6 Å². The number of hydrogen-bond donors (Lipinski definition) is 2. The van der Waals surface area contributed by atoms with Crippen LogP contribution in [0.5, 0.6) is 5.75 Å². The second-order valence-electron chi connectivity index (χ2n) is 6.17. The predicted octanol–water partition coefficient (Wildman–Crippen LogP) is 3.09. The summed E-state index contributed by atoms with van der Waals surface area (Å²) < 4.78 is 31.7. The van der Waals surface area contributed by atoms with Gasteiger partial charge >= 0.3 is 5.97 Å². The number of carbonyl (C=O) groups excluding carboxylic acids is 1. The van der Waals surface area contributed by atoms with Crippen molar-refractivity contribution in [3.63, 3.8) is 0 Å². The number of rotatable bonds is 6. The van der Waals surface area contributed by atoms with E-state index in [9.17, 15) is 23.5 Å². The SMILES string of the molecule is COc1ccc(CNC(=O)[C@H]2C[C@H]2c2ccc(F)cc2F)cc1C(=O)O. The van der Waals surface area contributed by atoms with Gasteiger partial charge in [-0.25, -0.2) is 13.6 Å². The van der Waals surface area contributed by atoms with Crippen LogP contribution in [0.4, 0.5) is 8.78 Å². The van der Waals surface area contributed by atoms with Gasteiger partial charge in [0, 0.05) is 18.5 Å². The summed E-state index contributed by atoms with van der Waals surface area (Å²) in [5.74, 6) is -3.06. The van der Waals surface area contributed by atoms with Crippen LogP contribution in [0.3, 0.4) is 0 Å². The van der Waals surface area contributed by atoms with E-state index in [2.05, 4.69) is 5.32 Å². The number of nitrogens with one attached hydrogen (secondary N) is 1. The minimum atomic E-state index is -1.12. The molecule has 1 saturated carbocycles. The Balaban J connectivity index is 1.62. The minimum Gasteiger partial charge on any atom is -0.496 e. The second kappa shape index (κ2) is 7.11. The van der Waals surface area contributed by atoms with E-state index in [1.807, 2.05) is 0 Å². The summed E-state index contributed by atoms with van der Waals surface area (Å²) in [6, 6.07) is 7.98. The van der Waals surface area contributed by atoms with Crippen LogP contribution >= 0.6 is 0 Å². The van der Waals surface area contributed by atoms with Gasteiger partial charge in [-0.05, 0) is 41.7 Å². The van der Waals surface area contributed by atoms with Crippen molar-refractivity contribution in [2.45, 2.75) is 18.9 Å². The highest BCUT2D eigenvalue weighted by molar-refractivity contribution is 5.91. The van der Waals surface area contributed by atoms with Crippen molar-refractivity contribution in [3.05, 3.63) is 64.7 Å². The van der Waals surface area contributed by atoms with E-state index >= 15 is 0 Å². The molecule has 26 heavy (non-hydrogen) atoms. The zero-order valence-electron chi connectivity index (χ0n) is 14.0. The van der Waals surface area contributed by atoms with E-state index in [0.29, 0.717) is 17.5 Å². The van der Waals surface area contributed by atoms with Gasteiger partial charge in [-0.1, -0.05) is 12.1 Å². The Kier molecular flexibility index (Phi) is 4.88. The molecule has 0 spiro atoms. The molecule has 0 unspecified atom stereocenters. The van der Waals surface area contributed by atoms with E-state index in [-0.39, 0.29) is 35.6 Å². The Bertz CT molecular complexity index is 869. The van der Waals surface area contributed by atoms with Gasteiger partial charge in [0.25, 0.3) is 0 Å². The summed E-state index contributed by atoms with van der Waals surface area (Å²) in [5, 5.41) is 11.9. The highest BCUT2D eigenvalue weighted by atomic mass is 19.1. The standard InChI is InChI=1S/C19H17F2NO4/c1-26-17-5-2-10(6-15(17)19(24)25)9-22-18(23)14-8-13(14)12-4-3-11(20)7-16(12)21/h2-7,13-14H,8-9H2,1H3,(H,22,23)(H,24,25)/t13-,14-/m0/s1. The number of carbonyl (C=O) groups is 2. The number of halogens is 2. The fraction of sp³-hybridized carbons (Fsp3) is 0.263. The third-order valence-corrected chi connectivity index (χ3v) is 4.45. The molecule has 0 bridgehead atoms. The third-order valence-electron chi connectivity index (χ3n) is 4.45. The van der Waals surface area contributed by atoms with E-state index in [1.54, 1.807) is 6.07 Å². The van der Waals surface area contributed by atoms with Crippen molar-refractivity contribution in [2.24, 2.45) is 5.92 Å². The van der Waals surface area contributed by atoms with E-state index in [4.69, 9.17) is 4.74 Å². The first-order valence-electron chi connectivity index (χ1n) is 8.03. The lowest BCUT2D eigenvalue weighted by Gasteiger charge is -2.09. The molecule has 136 valence electrons. The highest BCUT2D eigenvalue weighted by Crippen LogP contribution is 2.48. The molecule has 2 N–H and O–H groups in total. The van der Waals surface area contributed by atoms with Crippen molar-refractivity contribution in [1.82, 2.24) is 5.32 Å². The quantitative estimate of drug-likeness (QED) is 0.829. The van der Waals surface area contributed by atoms with Crippen LogP contribution in [-0.4, -0.2) is 24.1 Å². The van der Waals surface area contributed by atoms with Crippen LogP contribution < -0.4 is 10.1 Å². The van der Waals surface area contributed by atoms with Gasteiger partial charge in [-0.3, -0.25) is 4.79 Å².